The first-order valence-electron chi connectivity index (χ1n) is 3.96. The first-order valence-corrected chi connectivity index (χ1v) is 4.75. The summed E-state index contributed by atoms with van der Waals surface area (Å²) in [4.78, 5) is 10.4. The number of aliphatic carboxylic acids is 1. The molecule has 0 atom stereocenters. The number of hydrogen-bond donors (Lipinski definition) is 1. The molecule has 1 heterocycles. The molecule has 0 aliphatic rings. The Kier molecular flexibility index (Phi) is 3.08. The number of nitrogens with zero attached hydrogens (tertiary/aromatic N) is 2. The van der Waals surface area contributed by atoms with E-state index in [1.165, 1.54) is 0 Å². The second kappa shape index (κ2) is 3.91. The van der Waals surface area contributed by atoms with Gasteiger partial charge in [0.2, 0.25) is 0 Å². The average molecular weight is 247 g/mol. The fourth-order valence-corrected chi connectivity index (χ4v) is 1.78. The van der Waals surface area contributed by atoms with Gasteiger partial charge < -0.3 is 5.11 Å². The number of carboxylic acids is 1. The number of carboxylic acid groups (broad SMARTS) is 1. The Morgan fingerprint density at radius 3 is 2.77 bits per heavy atom. The molecule has 72 valence electrons. The van der Waals surface area contributed by atoms with E-state index in [9.17, 15) is 4.79 Å². The van der Waals surface area contributed by atoms with Crippen LogP contribution in [-0.4, -0.2) is 20.9 Å². The molecule has 0 unspecified atom stereocenters. The minimum absolute atomic E-state index is 0.0294. The molecule has 5 heteroatoms. The zero-order chi connectivity index (χ0) is 10.0. The van der Waals surface area contributed by atoms with Gasteiger partial charge in [0.15, 0.2) is 0 Å². The van der Waals surface area contributed by atoms with Crippen LogP contribution in [0.3, 0.4) is 0 Å². The first kappa shape index (κ1) is 10.2. The van der Waals surface area contributed by atoms with Crippen LogP contribution in [-0.2, 0) is 11.2 Å². The molecule has 13 heavy (non-hydrogen) atoms. The lowest BCUT2D eigenvalue weighted by molar-refractivity contribution is -0.136. The van der Waals surface area contributed by atoms with Gasteiger partial charge in [-0.05, 0) is 35.8 Å². The van der Waals surface area contributed by atoms with E-state index < -0.39 is 5.97 Å². The topological polar surface area (TPSA) is 55.1 Å². The van der Waals surface area contributed by atoms with E-state index in [-0.39, 0.29) is 12.5 Å². The molecule has 0 amide bonds. The molecular weight excluding hydrogens is 236 g/mol. The van der Waals surface area contributed by atoms with E-state index in [4.69, 9.17) is 5.11 Å². The normalized spacial score (nSPS) is 10.8. The van der Waals surface area contributed by atoms with Crippen LogP contribution in [0.25, 0.3) is 0 Å². The van der Waals surface area contributed by atoms with Crippen LogP contribution in [0.2, 0.25) is 0 Å². The number of aromatic nitrogens is 2. The van der Waals surface area contributed by atoms with Crippen molar-refractivity contribution in [3.63, 3.8) is 0 Å². The minimum Gasteiger partial charge on any atom is -0.481 e. The quantitative estimate of drug-likeness (QED) is 0.886. The summed E-state index contributed by atoms with van der Waals surface area (Å²) in [6.07, 6.45) is -0.0294. The SMILES string of the molecule is CC(C)n1nc(CC(=O)O)cc1Br. The average Bonchev–Trinajstić information content (AvgIpc) is 2.29. The zero-order valence-corrected chi connectivity index (χ0v) is 9.08. The van der Waals surface area contributed by atoms with Gasteiger partial charge >= 0.3 is 5.97 Å². The summed E-state index contributed by atoms with van der Waals surface area (Å²) in [6, 6.07) is 1.96. The lowest BCUT2D eigenvalue weighted by atomic mass is 10.3. The Bertz CT molecular complexity index is 320. The Morgan fingerprint density at radius 1 is 1.77 bits per heavy atom. The third-order valence-corrected chi connectivity index (χ3v) is 2.15. The van der Waals surface area contributed by atoms with Crippen LogP contribution in [0, 0.1) is 0 Å². The number of halogens is 1. The molecule has 0 bridgehead atoms. The Hall–Kier alpha value is -0.840. The summed E-state index contributed by atoms with van der Waals surface area (Å²) < 4.78 is 2.57. The molecule has 4 nitrogen and oxygen atoms in total. The van der Waals surface area contributed by atoms with Gasteiger partial charge in [-0.25, -0.2) is 0 Å². The monoisotopic (exact) mass is 246 g/mol. The standard InChI is InChI=1S/C8H11BrN2O2/c1-5(2)11-7(9)3-6(10-11)4-8(12)13/h3,5H,4H2,1-2H3,(H,12,13). The lowest BCUT2D eigenvalue weighted by Gasteiger charge is -2.05. The van der Waals surface area contributed by atoms with Crippen molar-refractivity contribution in [2.75, 3.05) is 0 Å². The number of rotatable bonds is 3. The maximum Gasteiger partial charge on any atom is 0.309 e. The predicted octanol–water partition coefficient (Wildman–Crippen LogP) is 1.85. The van der Waals surface area contributed by atoms with Crippen LogP contribution in [0.5, 0.6) is 0 Å². The van der Waals surface area contributed by atoms with Gasteiger partial charge in [0.1, 0.15) is 4.60 Å². The van der Waals surface area contributed by atoms with Crippen molar-refractivity contribution in [3.8, 4) is 0 Å². The van der Waals surface area contributed by atoms with Crippen LogP contribution in [0.1, 0.15) is 25.6 Å². The summed E-state index contributed by atoms with van der Waals surface area (Å²) in [5.41, 5.74) is 0.577. The van der Waals surface area contributed by atoms with Gasteiger partial charge in [-0.15, -0.1) is 0 Å². The van der Waals surface area contributed by atoms with E-state index in [2.05, 4.69) is 21.0 Å². The zero-order valence-electron chi connectivity index (χ0n) is 7.49. The smallest absolute Gasteiger partial charge is 0.309 e. The second-order valence-corrected chi connectivity index (χ2v) is 3.88. The molecule has 0 saturated carbocycles. The number of carbonyl (C=O) groups is 1. The van der Waals surface area contributed by atoms with E-state index >= 15 is 0 Å². The third-order valence-electron chi connectivity index (χ3n) is 1.56. The van der Waals surface area contributed by atoms with Gasteiger partial charge in [0.05, 0.1) is 12.1 Å². The van der Waals surface area contributed by atoms with Gasteiger partial charge in [-0.3, -0.25) is 9.48 Å². The summed E-state index contributed by atoms with van der Waals surface area (Å²) in [6.45, 7) is 3.98. The van der Waals surface area contributed by atoms with E-state index in [1.807, 2.05) is 13.8 Å². The Balaban J connectivity index is 2.88. The number of hydrogen-bond acceptors (Lipinski definition) is 2. The molecule has 1 aromatic rings. The molecule has 0 aliphatic heterocycles. The van der Waals surface area contributed by atoms with Crippen LogP contribution >= 0.6 is 15.9 Å². The summed E-state index contributed by atoms with van der Waals surface area (Å²) in [5, 5.41) is 12.7. The van der Waals surface area contributed by atoms with Gasteiger partial charge in [-0.1, -0.05) is 0 Å². The van der Waals surface area contributed by atoms with Crippen LogP contribution < -0.4 is 0 Å². The summed E-state index contributed by atoms with van der Waals surface area (Å²) >= 11 is 3.32. The molecule has 0 saturated heterocycles. The van der Waals surface area contributed by atoms with Crippen LogP contribution in [0.15, 0.2) is 10.7 Å². The molecule has 0 radical (unpaired) electrons. The van der Waals surface area contributed by atoms with Crippen LogP contribution in [0.4, 0.5) is 0 Å². The fraction of sp³-hybridized carbons (Fsp3) is 0.500. The first-order chi connectivity index (χ1) is 6.00. The largest absolute Gasteiger partial charge is 0.481 e. The van der Waals surface area contributed by atoms with Crippen molar-refractivity contribution < 1.29 is 9.90 Å². The maximum atomic E-state index is 10.4. The molecule has 0 aliphatic carbocycles. The van der Waals surface area contributed by atoms with Gasteiger partial charge in [0, 0.05) is 6.04 Å². The molecule has 0 fully saturated rings. The maximum absolute atomic E-state index is 10.4. The van der Waals surface area contributed by atoms with Crippen molar-refractivity contribution in [1.29, 1.82) is 0 Å². The van der Waals surface area contributed by atoms with Crippen molar-refractivity contribution >= 4 is 21.9 Å². The third kappa shape index (κ3) is 2.55. The van der Waals surface area contributed by atoms with E-state index in [0.29, 0.717) is 5.69 Å². The molecule has 0 aromatic carbocycles. The Morgan fingerprint density at radius 2 is 2.38 bits per heavy atom. The fourth-order valence-electron chi connectivity index (χ4n) is 1.02. The molecule has 1 rings (SSSR count). The van der Waals surface area contributed by atoms with Gasteiger partial charge in [0.25, 0.3) is 0 Å². The second-order valence-electron chi connectivity index (χ2n) is 3.07. The molecular formula is C8H11BrN2O2. The van der Waals surface area contributed by atoms with Crippen molar-refractivity contribution in [3.05, 3.63) is 16.4 Å². The van der Waals surface area contributed by atoms with E-state index in [0.717, 1.165) is 4.60 Å². The highest BCUT2D eigenvalue weighted by molar-refractivity contribution is 9.10. The predicted molar refractivity (Wildman–Crippen MR) is 51.7 cm³/mol. The van der Waals surface area contributed by atoms with Gasteiger partial charge in [-0.2, -0.15) is 5.10 Å². The summed E-state index contributed by atoms with van der Waals surface area (Å²) in [7, 11) is 0. The summed E-state index contributed by atoms with van der Waals surface area (Å²) in [5.74, 6) is -0.860. The van der Waals surface area contributed by atoms with E-state index in [1.54, 1.807) is 10.7 Å². The van der Waals surface area contributed by atoms with Crippen molar-refractivity contribution in [1.82, 2.24) is 9.78 Å². The molecule has 0 spiro atoms. The highest BCUT2D eigenvalue weighted by Gasteiger charge is 2.10. The molecule has 1 aromatic heterocycles. The Labute approximate surface area is 84.7 Å². The minimum atomic E-state index is -0.860. The molecule has 1 N–H and O–H groups in total. The highest BCUT2D eigenvalue weighted by Crippen LogP contribution is 2.17. The van der Waals surface area contributed by atoms with Crippen molar-refractivity contribution in [2.45, 2.75) is 26.3 Å². The lowest BCUT2D eigenvalue weighted by Crippen LogP contribution is -2.05. The highest BCUT2D eigenvalue weighted by atomic mass is 79.9. The van der Waals surface area contributed by atoms with Crippen molar-refractivity contribution in [2.24, 2.45) is 0 Å².